The van der Waals surface area contributed by atoms with E-state index in [1.807, 2.05) is 32.9 Å². The van der Waals surface area contributed by atoms with Crippen LogP contribution in [0.4, 0.5) is 11.6 Å². The Morgan fingerprint density at radius 1 is 1.14 bits per heavy atom. The molecular weight excluding hydrogens is 264 g/mol. The first kappa shape index (κ1) is 15.0. The Bertz CT molecular complexity index is 635. The Hall–Kier alpha value is -2.43. The lowest BCUT2D eigenvalue weighted by atomic mass is 10.1. The molecule has 0 bridgehead atoms. The van der Waals surface area contributed by atoms with E-state index in [1.54, 1.807) is 0 Å². The number of rotatable bonds is 4. The van der Waals surface area contributed by atoms with Gasteiger partial charge in [0.1, 0.15) is 0 Å². The second kappa shape index (κ2) is 6.35. The lowest BCUT2D eigenvalue weighted by Gasteiger charge is -2.11. The summed E-state index contributed by atoms with van der Waals surface area (Å²) in [6.07, 6.45) is 3.05. The van der Waals surface area contributed by atoms with Gasteiger partial charge in [0.2, 0.25) is 5.95 Å². The van der Waals surface area contributed by atoms with Gasteiger partial charge in [0, 0.05) is 24.1 Å². The van der Waals surface area contributed by atoms with Gasteiger partial charge in [-0.3, -0.25) is 4.79 Å². The van der Waals surface area contributed by atoms with Gasteiger partial charge in [0.15, 0.2) is 0 Å². The minimum Gasteiger partial charge on any atom is -0.350 e. The molecule has 1 aromatic carbocycles. The van der Waals surface area contributed by atoms with Crippen LogP contribution in [0.1, 0.15) is 35.3 Å². The number of hydrogen-bond acceptors (Lipinski definition) is 4. The zero-order chi connectivity index (χ0) is 15.4. The molecule has 21 heavy (non-hydrogen) atoms. The van der Waals surface area contributed by atoms with E-state index in [4.69, 9.17) is 0 Å². The zero-order valence-electron chi connectivity index (χ0n) is 12.8. The van der Waals surface area contributed by atoms with Gasteiger partial charge in [-0.2, -0.15) is 0 Å². The molecule has 0 saturated heterocycles. The molecule has 2 N–H and O–H groups in total. The fraction of sp³-hybridized carbons (Fsp3) is 0.312. The molecule has 1 aromatic heterocycles. The fourth-order valence-electron chi connectivity index (χ4n) is 1.86. The molecule has 0 atom stereocenters. The SMILES string of the molecule is Cc1cccc(Nc2ncc(C(=O)NC(C)C)cn2)c1C. The Balaban J connectivity index is 2.12. The van der Waals surface area contributed by atoms with E-state index in [0.29, 0.717) is 11.5 Å². The Kier molecular flexibility index (Phi) is 4.52. The smallest absolute Gasteiger partial charge is 0.254 e. The summed E-state index contributed by atoms with van der Waals surface area (Å²) in [4.78, 5) is 20.2. The van der Waals surface area contributed by atoms with Crippen LogP contribution in [-0.4, -0.2) is 21.9 Å². The molecule has 0 saturated carbocycles. The van der Waals surface area contributed by atoms with Gasteiger partial charge >= 0.3 is 0 Å². The number of nitrogens with zero attached hydrogens (tertiary/aromatic N) is 2. The van der Waals surface area contributed by atoms with Crippen LogP contribution in [0, 0.1) is 13.8 Å². The second-order valence-corrected chi connectivity index (χ2v) is 5.30. The van der Waals surface area contributed by atoms with Crippen molar-refractivity contribution in [3.05, 3.63) is 47.3 Å². The minimum atomic E-state index is -0.164. The number of nitrogens with one attached hydrogen (secondary N) is 2. The van der Waals surface area contributed by atoms with Crippen molar-refractivity contribution in [3.63, 3.8) is 0 Å². The number of anilines is 2. The fourth-order valence-corrected chi connectivity index (χ4v) is 1.86. The van der Waals surface area contributed by atoms with E-state index in [2.05, 4.69) is 33.6 Å². The van der Waals surface area contributed by atoms with Crippen molar-refractivity contribution in [1.29, 1.82) is 0 Å². The minimum absolute atomic E-state index is 0.0882. The largest absolute Gasteiger partial charge is 0.350 e. The van der Waals surface area contributed by atoms with Gasteiger partial charge in [-0.25, -0.2) is 9.97 Å². The average Bonchev–Trinajstić information content (AvgIpc) is 2.44. The molecule has 0 aliphatic carbocycles. The number of aromatic nitrogens is 2. The van der Waals surface area contributed by atoms with Gasteiger partial charge in [-0.15, -0.1) is 0 Å². The summed E-state index contributed by atoms with van der Waals surface area (Å²) in [6.45, 7) is 7.92. The number of amides is 1. The van der Waals surface area contributed by atoms with E-state index < -0.39 is 0 Å². The number of carbonyl (C=O) groups is 1. The maximum Gasteiger partial charge on any atom is 0.254 e. The molecule has 0 fully saturated rings. The molecule has 0 radical (unpaired) electrons. The molecule has 2 rings (SSSR count). The van der Waals surface area contributed by atoms with E-state index in [1.165, 1.54) is 18.0 Å². The predicted octanol–water partition coefficient (Wildman–Crippen LogP) is 2.98. The highest BCUT2D eigenvalue weighted by Crippen LogP contribution is 2.20. The molecule has 1 amide bonds. The molecule has 0 aliphatic rings. The maximum absolute atomic E-state index is 11.8. The Morgan fingerprint density at radius 3 is 2.43 bits per heavy atom. The highest BCUT2D eigenvalue weighted by molar-refractivity contribution is 5.93. The summed E-state index contributed by atoms with van der Waals surface area (Å²) in [6, 6.07) is 6.10. The van der Waals surface area contributed by atoms with Crippen LogP contribution in [0.3, 0.4) is 0 Å². The third-order valence-corrected chi connectivity index (χ3v) is 3.18. The first-order valence-corrected chi connectivity index (χ1v) is 6.93. The van der Waals surface area contributed by atoms with Crippen molar-refractivity contribution in [1.82, 2.24) is 15.3 Å². The summed E-state index contributed by atoms with van der Waals surface area (Å²) in [7, 11) is 0. The van der Waals surface area contributed by atoms with Crippen molar-refractivity contribution in [2.24, 2.45) is 0 Å². The van der Waals surface area contributed by atoms with Crippen molar-refractivity contribution >= 4 is 17.5 Å². The highest BCUT2D eigenvalue weighted by Gasteiger charge is 2.09. The third kappa shape index (κ3) is 3.78. The second-order valence-electron chi connectivity index (χ2n) is 5.30. The summed E-state index contributed by atoms with van der Waals surface area (Å²) < 4.78 is 0. The summed E-state index contributed by atoms with van der Waals surface area (Å²) >= 11 is 0. The van der Waals surface area contributed by atoms with E-state index >= 15 is 0 Å². The van der Waals surface area contributed by atoms with Crippen LogP contribution in [0.15, 0.2) is 30.6 Å². The lowest BCUT2D eigenvalue weighted by molar-refractivity contribution is 0.0942. The molecule has 2 aromatic rings. The highest BCUT2D eigenvalue weighted by atomic mass is 16.1. The van der Waals surface area contributed by atoms with E-state index in [9.17, 15) is 4.79 Å². The van der Waals surface area contributed by atoms with Crippen LogP contribution in [0.2, 0.25) is 0 Å². The normalized spacial score (nSPS) is 10.5. The number of carbonyl (C=O) groups excluding carboxylic acids is 1. The zero-order valence-corrected chi connectivity index (χ0v) is 12.8. The van der Waals surface area contributed by atoms with Gasteiger partial charge < -0.3 is 10.6 Å². The van der Waals surface area contributed by atoms with E-state index in [-0.39, 0.29) is 11.9 Å². The van der Waals surface area contributed by atoms with Crippen LogP contribution >= 0.6 is 0 Å². The molecule has 0 aliphatic heterocycles. The quantitative estimate of drug-likeness (QED) is 0.905. The monoisotopic (exact) mass is 284 g/mol. The van der Waals surface area contributed by atoms with Crippen molar-refractivity contribution < 1.29 is 4.79 Å². The van der Waals surface area contributed by atoms with Crippen LogP contribution in [-0.2, 0) is 0 Å². The predicted molar refractivity (Wildman–Crippen MR) is 83.8 cm³/mol. The van der Waals surface area contributed by atoms with Gasteiger partial charge in [0.25, 0.3) is 5.91 Å². The summed E-state index contributed by atoms with van der Waals surface area (Å²) in [5.41, 5.74) is 3.78. The molecule has 0 unspecified atom stereocenters. The summed E-state index contributed by atoms with van der Waals surface area (Å²) in [5, 5.41) is 5.97. The summed E-state index contributed by atoms with van der Waals surface area (Å²) in [5.74, 6) is 0.313. The first-order chi connectivity index (χ1) is 9.97. The molecule has 5 nitrogen and oxygen atoms in total. The topological polar surface area (TPSA) is 66.9 Å². The molecule has 110 valence electrons. The van der Waals surface area contributed by atoms with Crippen molar-refractivity contribution in [3.8, 4) is 0 Å². The standard InChI is InChI=1S/C16H20N4O/c1-10(2)19-15(21)13-8-17-16(18-9-13)20-14-7-5-6-11(3)12(14)4/h5-10H,1-4H3,(H,19,21)(H,17,18,20). The first-order valence-electron chi connectivity index (χ1n) is 6.93. The molecule has 5 heteroatoms. The van der Waals surface area contributed by atoms with Gasteiger partial charge in [-0.1, -0.05) is 12.1 Å². The average molecular weight is 284 g/mol. The number of benzene rings is 1. The van der Waals surface area contributed by atoms with Crippen molar-refractivity contribution in [2.45, 2.75) is 33.7 Å². The third-order valence-electron chi connectivity index (χ3n) is 3.18. The van der Waals surface area contributed by atoms with Crippen LogP contribution in [0.25, 0.3) is 0 Å². The van der Waals surface area contributed by atoms with Gasteiger partial charge in [0.05, 0.1) is 5.56 Å². The Morgan fingerprint density at radius 2 is 1.81 bits per heavy atom. The van der Waals surface area contributed by atoms with Crippen LogP contribution < -0.4 is 10.6 Å². The van der Waals surface area contributed by atoms with Crippen LogP contribution in [0.5, 0.6) is 0 Å². The van der Waals surface area contributed by atoms with Gasteiger partial charge in [-0.05, 0) is 44.9 Å². The number of aryl methyl sites for hydroxylation is 1. The maximum atomic E-state index is 11.8. The lowest BCUT2D eigenvalue weighted by Crippen LogP contribution is -2.30. The molecular formula is C16H20N4O. The Labute approximate surface area is 124 Å². The number of hydrogen-bond donors (Lipinski definition) is 2. The molecule has 1 heterocycles. The van der Waals surface area contributed by atoms with E-state index in [0.717, 1.165) is 11.3 Å². The van der Waals surface area contributed by atoms with Crippen molar-refractivity contribution in [2.75, 3.05) is 5.32 Å². The molecule has 0 spiro atoms.